The molecule has 0 N–H and O–H groups in total. The molecule has 3 rings (SSSR count). The molecule has 0 bridgehead atoms. The minimum atomic E-state index is -0.528. The Hall–Kier alpha value is -2.04. The van der Waals surface area contributed by atoms with Crippen LogP contribution in [0.15, 0.2) is 54.6 Å². The van der Waals surface area contributed by atoms with Crippen LogP contribution in [0.2, 0.25) is 0 Å². The van der Waals surface area contributed by atoms with Crippen molar-refractivity contribution < 1.29 is 13.9 Å². The predicted octanol–water partition coefficient (Wildman–Crippen LogP) is 2.91. The maximum Gasteiger partial charge on any atom is 0.192 e. The molecule has 1 aliphatic rings. The Balaban J connectivity index is 1.66. The summed E-state index contributed by atoms with van der Waals surface area (Å²) in [6, 6.07) is 15.9. The summed E-state index contributed by atoms with van der Waals surface area (Å²) in [6.07, 6.45) is -0.528. The normalized spacial score (nSPS) is 19.0. The molecule has 1 atom stereocenters. The van der Waals surface area contributed by atoms with Crippen LogP contribution in [0.4, 0.5) is 4.39 Å². The smallest absolute Gasteiger partial charge is 0.192 e. The van der Waals surface area contributed by atoms with E-state index in [1.807, 2.05) is 18.2 Å². The van der Waals surface area contributed by atoms with Crippen LogP contribution in [-0.4, -0.2) is 36.5 Å². The molecular formula is C18H18FNO2. The molecule has 4 heteroatoms. The number of nitrogens with zero attached hydrogens (tertiary/aromatic N) is 1. The van der Waals surface area contributed by atoms with E-state index in [1.165, 1.54) is 17.7 Å². The number of halogens is 1. The van der Waals surface area contributed by atoms with Gasteiger partial charge in [0, 0.05) is 25.2 Å². The van der Waals surface area contributed by atoms with E-state index in [9.17, 15) is 9.18 Å². The summed E-state index contributed by atoms with van der Waals surface area (Å²) < 4.78 is 18.8. The Labute approximate surface area is 129 Å². The lowest BCUT2D eigenvalue weighted by Crippen LogP contribution is -2.45. The van der Waals surface area contributed by atoms with Crippen molar-refractivity contribution >= 4 is 5.78 Å². The van der Waals surface area contributed by atoms with Crippen LogP contribution in [0.25, 0.3) is 0 Å². The minimum Gasteiger partial charge on any atom is -0.367 e. The van der Waals surface area contributed by atoms with Crippen molar-refractivity contribution in [2.24, 2.45) is 0 Å². The van der Waals surface area contributed by atoms with Crippen molar-refractivity contribution in [2.45, 2.75) is 12.6 Å². The van der Waals surface area contributed by atoms with Crippen molar-refractivity contribution in [2.75, 3.05) is 19.7 Å². The number of morpholine rings is 1. The van der Waals surface area contributed by atoms with E-state index in [2.05, 4.69) is 17.0 Å². The highest BCUT2D eigenvalue weighted by atomic mass is 19.1. The summed E-state index contributed by atoms with van der Waals surface area (Å²) in [5.74, 6) is -0.555. The van der Waals surface area contributed by atoms with Crippen molar-refractivity contribution in [3.05, 3.63) is 71.5 Å². The van der Waals surface area contributed by atoms with Crippen molar-refractivity contribution in [1.82, 2.24) is 4.90 Å². The Morgan fingerprint density at radius 3 is 2.77 bits per heavy atom. The minimum absolute atomic E-state index is 0.155. The molecule has 3 nitrogen and oxygen atoms in total. The molecule has 114 valence electrons. The molecular weight excluding hydrogens is 281 g/mol. The third-order valence-electron chi connectivity index (χ3n) is 3.80. The number of rotatable bonds is 4. The van der Waals surface area contributed by atoms with Crippen molar-refractivity contribution in [1.29, 1.82) is 0 Å². The van der Waals surface area contributed by atoms with Crippen LogP contribution < -0.4 is 0 Å². The number of carbonyl (C=O) groups is 1. The highest BCUT2D eigenvalue weighted by Gasteiger charge is 2.27. The maximum atomic E-state index is 13.3. The quantitative estimate of drug-likeness (QED) is 0.813. The van der Waals surface area contributed by atoms with Gasteiger partial charge in [0.2, 0.25) is 0 Å². The average molecular weight is 299 g/mol. The number of Topliss-reactive ketones (excluding diaryl/α,β-unsaturated/α-hetero) is 1. The first-order chi connectivity index (χ1) is 10.7. The molecule has 2 aromatic carbocycles. The molecule has 0 aliphatic carbocycles. The summed E-state index contributed by atoms with van der Waals surface area (Å²) in [5.41, 5.74) is 1.58. The number of hydrogen-bond donors (Lipinski definition) is 0. The molecule has 1 saturated heterocycles. The summed E-state index contributed by atoms with van der Waals surface area (Å²) >= 11 is 0. The van der Waals surface area contributed by atoms with Gasteiger partial charge in [0.15, 0.2) is 5.78 Å². The third kappa shape index (κ3) is 3.59. The first-order valence-electron chi connectivity index (χ1n) is 7.40. The van der Waals surface area contributed by atoms with Gasteiger partial charge in [0.1, 0.15) is 11.9 Å². The summed E-state index contributed by atoms with van der Waals surface area (Å²) in [5, 5.41) is 0. The van der Waals surface area contributed by atoms with Gasteiger partial charge in [0.05, 0.1) is 6.61 Å². The monoisotopic (exact) mass is 299 g/mol. The van der Waals surface area contributed by atoms with E-state index >= 15 is 0 Å². The molecule has 0 amide bonds. The topological polar surface area (TPSA) is 29.5 Å². The first kappa shape index (κ1) is 14.9. The van der Waals surface area contributed by atoms with Crippen LogP contribution in [0.1, 0.15) is 15.9 Å². The van der Waals surface area contributed by atoms with E-state index in [0.717, 1.165) is 13.1 Å². The molecule has 0 unspecified atom stereocenters. The van der Waals surface area contributed by atoms with Gasteiger partial charge in [-0.25, -0.2) is 4.39 Å². The SMILES string of the molecule is O=C(c1cccc(F)c1)[C@@H]1CN(Cc2ccccc2)CCO1. The second-order valence-electron chi connectivity index (χ2n) is 5.45. The van der Waals surface area contributed by atoms with E-state index in [-0.39, 0.29) is 5.78 Å². The number of ether oxygens (including phenoxy) is 1. The van der Waals surface area contributed by atoms with E-state index in [1.54, 1.807) is 12.1 Å². The van der Waals surface area contributed by atoms with Gasteiger partial charge in [0.25, 0.3) is 0 Å². The van der Waals surface area contributed by atoms with Crippen LogP contribution >= 0.6 is 0 Å². The predicted molar refractivity (Wildman–Crippen MR) is 82.2 cm³/mol. The van der Waals surface area contributed by atoms with Crippen molar-refractivity contribution in [3.8, 4) is 0 Å². The fourth-order valence-corrected chi connectivity index (χ4v) is 2.67. The molecule has 1 fully saturated rings. The zero-order chi connectivity index (χ0) is 15.4. The molecule has 0 aromatic heterocycles. The van der Waals surface area contributed by atoms with Gasteiger partial charge >= 0.3 is 0 Å². The fourth-order valence-electron chi connectivity index (χ4n) is 2.67. The zero-order valence-corrected chi connectivity index (χ0v) is 12.2. The summed E-state index contributed by atoms with van der Waals surface area (Å²) in [4.78, 5) is 14.6. The van der Waals surface area contributed by atoms with E-state index in [0.29, 0.717) is 18.7 Å². The second-order valence-corrected chi connectivity index (χ2v) is 5.45. The number of carbonyl (C=O) groups excluding carboxylic acids is 1. The van der Waals surface area contributed by atoms with Crippen molar-refractivity contribution in [3.63, 3.8) is 0 Å². The zero-order valence-electron chi connectivity index (χ0n) is 12.2. The molecule has 1 aliphatic heterocycles. The molecule has 1 heterocycles. The van der Waals surface area contributed by atoms with E-state index < -0.39 is 11.9 Å². The molecule has 0 spiro atoms. The van der Waals surface area contributed by atoms with Crippen LogP contribution in [-0.2, 0) is 11.3 Å². The summed E-state index contributed by atoms with van der Waals surface area (Å²) in [7, 11) is 0. The Morgan fingerprint density at radius 1 is 1.18 bits per heavy atom. The molecule has 22 heavy (non-hydrogen) atoms. The Kier molecular flexibility index (Phi) is 4.61. The van der Waals surface area contributed by atoms with Gasteiger partial charge in [-0.05, 0) is 17.7 Å². The lowest BCUT2D eigenvalue weighted by Gasteiger charge is -2.32. The van der Waals surface area contributed by atoms with Crippen LogP contribution in [0, 0.1) is 5.82 Å². The van der Waals surface area contributed by atoms with Gasteiger partial charge in [-0.2, -0.15) is 0 Å². The van der Waals surface area contributed by atoms with Gasteiger partial charge in [-0.15, -0.1) is 0 Å². The third-order valence-corrected chi connectivity index (χ3v) is 3.80. The lowest BCUT2D eigenvalue weighted by molar-refractivity contribution is -0.0190. The first-order valence-corrected chi connectivity index (χ1v) is 7.40. The molecule has 0 saturated carbocycles. The Morgan fingerprint density at radius 2 is 2.00 bits per heavy atom. The number of hydrogen-bond acceptors (Lipinski definition) is 3. The maximum absolute atomic E-state index is 13.3. The number of benzene rings is 2. The Bertz CT molecular complexity index is 645. The highest BCUT2D eigenvalue weighted by molar-refractivity contribution is 5.99. The lowest BCUT2D eigenvalue weighted by atomic mass is 10.0. The number of ketones is 1. The standard InChI is InChI=1S/C18H18FNO2/c19-16-8-4-7-15(11-16)18(21)17-13-20(9-10-22-17)12-14-5-2-1-3-6-14/h1-8,11,17H,9-10,12-13H2/t17-/m0/s1. The highest BCUT2D eigenvalue weighted by Crippen LogP contribution is 2.15. The molecule has 0 radical (unpaired) electrons. The second kappa shape index (κ2) is 6.81. The van der Waals surface area contributed by atoms with Gasteiger partial charge in [-0.1, -0.05) is 42.5 Å². The van der Waals surface area contributed by atoms with Gasteiger partial charge in [-0.3, -0.25) is 9.69 Å². The molecule has 2 aromatic rings. The van der Waals surface area contributed by atoms with E-state index in [4.69, 9.17) is 4.74 Å². The fraction of sp³-hybridized carbons (Fsp3) is 0.278. The average Bonchev–Trinajstić information content (AvgIpc) is 2.55. The van der Waals surface area contributed by atoms with Crippen LogP contribution in [0.3, 0.4) is 0 Å². The largest absolute Gasteiger partial charge is 0.367 e. The van der Waals surface area contributed by atoms with Gasteiger partial charge < -0.3 is 4.74 Å². The summed E-state index contributed by atoms with van der Waals surface area (Å²) in [6.45, 7) is 2.63. The van der Waals surface area contributed by atoms with Crippen LogP contribution in [0.5, 0.6) is 0 Å².